The van der Waals surface area contributed by atoms with Crippen LogP contribution in [0.25, 0.3) is 0 Å². The van der Waals surface area contributed by atoms with E-state index >= 15 is 0 Å². The summed E-state index contributed by atoms with van der Waals surface area (Å²) in [5.74, 6) is 0.583. The highest BCUT2D eigenvalue weighted by Gasteiger charge is 2.35. The minimum Gasteiger partial charge on any atom is -0.351 e. The van der Waals surface area contributed by atoms with Crippen LogP contribution in [0.15, 0.2) is 0 Å². The van der Waals surface area contributed by atoms with Crippen molar-refractivity contribution < 1.29 is 8.42 Å². The minimum atomic E-state index is -3.47. The third kappa shape index (κ3) is 4.39. The number of nitriles is 1. The molecule has 1 aromatic rings. The molecular formula is C20H32N6O2S. The quantitative estimate of drug-likeness (QED) is 0.700. The summed E-state index contributed by atoms with van der Waals surface area (Å²) in [5.41, 5.74) is 2.39. The third-order valence-corrected chi connectivity index (χ3v) is 8.30. The molecule has 1 aromatic heterocycles. The number of hydrogen-bond acceptors (Lipinski definition) is 6. The molecule has 0 amide bonds. The van der Waals surface area contributed by atoms with E-state index in [1.54, 1.807) is 15.7 Å². The molecule has 0 radical (unpaired) electrons. The fourth-order valence-corrected chi connectivity index (χ4v) is 6.02. The lowest BCUT2D eigenvalue weighted by molar-refractivity contribution is 0.259. The van der Waals surface area contributed by atoms with Gasteiger partial charge in [-0.15, -0.1) is 5.10 Å². The van der Waals surface area contributed by atoms with Crippen molar-refractivity contribution in [2.45, 2.75) is 64.8 Å². The Morgan fingerprint density at radius 3 is 2.28 bits per heavy atom. The maximum absolute atomic E-state index is 13.1. The molecular weight excluding hydrogens is 388 g/mol. The second kappa shape index (κ2) is 9.37. The second-order valence-corrected chi connectivity index (χ2v) is 9.83. The van der Waals surface area contributed by atoms with Gasteiger partial charge in [0.25, 0.3) is 10.2 Å². The zero-order valence-electron chi connectivity index (χ0n) is 17.8. The maximum atomic E-state index is 13.1. The summed E-state index contributed by atoms with van der Waals surface area (Å²) in [4.78, 5) is 2.00. The van der Waals surface area contributed by atoms with Gasteiger partial charge in [-0.1, -0.05) is 33.1 Å². The van der Waals surface area contributed by atoms with Crippen molar-refractivity contribution in [1.82, 2.24) is 18.8 Å². The predicted molar refractivity (Wildman–Crippen MR) is 113 cm³/mol. The molecule has 160 valence electrons. The van der Waals surface area contributed by atoms with Gasteiger partial charge in [0.2, 0.25) is 0 Å². The first-order valence-corrected chi connectivity index (χ1v) is 12.1. The summed E-state index contributed by atoms with van der Waals surface area (Å²) >= 11 is 0. The van der Waals surface area contributed by atoms with Crippen LogP contribution < -0.4 is 4.90 Å². The highest BCUT2D eigenvalue weighted by Crippen LogP contribution is 2.27. The molecule has 0 atom stereocenters. The van der Waals surface area contributed by atoms with Crippen molar-refractivity contribution in [3.05, 3.63) is 16.8 Å². The summed E-state index contributed by atoms with van der Waals surface area (Å²) in [6, 6.07) is 2.41. The van der Waals surface area contributed by atoms with E-state index in [9.17, 15) is 13.7 Å². The molecule has 2 fully saturated rings. The molecule has 0 N–H and O–H groups in total. The van der Waals surface area contributed by atoms with Crippen LogP contribution in [-0.4, -0.2) is 66.5 Å². The average Bonchev–Trinajstić information content (AvgIpc) is 2.77. The fourth-order valence-electron chi connectivity index (χ4n) is 4.45. The first kappa shape index (κ1) is 21.9. The van der Waals surface area contributed by atoms with E-state index in [2.05, 4.69) is 16.3 Å². The maximum Gasteiger partial charge on any atom is 0.282 e. The normalized spacial score (nSPS) is 19.5. The first-order chi connectivity index (χ1) is 13.9. The van der Waals surface area contributed by atoms with Gasteiger partial charge in [-0.2, -0.15) is 27.4 Å². The summed E-state index contributed by atoms with van der Waals surface area (Å²) in [6.07, 6.45) is 6.76. The molecule has 1 aliphatic heterocycles. The molecule has 0 unspecified atom stereocenters. The Morgan fingerprint density at radius 1 is 1.07 bits per heavy atom. The van der Waals surface area contributed by atoms with Gasteiger partial charge in [-0.25, -0.2) is 0 Å². The van der Waals surface area contributed by atoms with Gasteiger partial charge >= 0.3 is 0 Å². The van der Waals surface area contributed by atoms with E-state index in [0.717, 1.165) is 49.8 Å². The Balaban J connectivity index is 1.73. The van der Waals surface area contributed by atoms with Gasteiger partial charge in [-0.3, -0.25) is 0 Å². The van der Waals surface area contributed by atoms with E-state index in [1.807, 2.05) is 18.7 Å². The van der Waals surface area contributed by atoms with Crippen LogP contribution in [0.4, 0.5) is 5.82 Å². The zero-order valence-corrected chi connectivity index (χ0v) is 18.6. The number of aromatic nitrogens is 2. The van der Waals surface area contributed by atoms with Crippen molar-refractivity contribution >= 4 is 16.0 Å². The van der Waals surface area contributed by atoms with Crippen molar-refractivity contribution in [3.63, 3.8) is 0 Å². The Labute approximate surface area is 174 Å². The van der Waals surface area contributed by atoms with Crippen LogP contribution in [0, 0.1) is 11.3 Å². The van der Waals surface area contributed by atoms with Crippen LogP contribution in [-0.2, 0) is 23.1 Å². The monoisotopic (exact) mass is 420 g/mol. The van der Waals surface area contributed by atoms with Crippen LogP contribution in [0.5, 0.6) is 0 Å². The zero-order chi connectivity index (χ0) is 21.0. The van der Waals surface area contributed by atoms with E-state index in [-0.39, 0.29) is 6.04 Å². The lowest BCUT2D eigenvalue weighted by Crippen LogP contribution is -2.54. The molecule has 0 bridgehead atoms. The number of aryl methyl sites for hydroxylation is 1. The third-order valence-electron chi connectivity index (χ3n) is 6.26. The summed E-state index contributed by atoms with van der Waals surface area (Å²) in [5, 5.41) is 18.4. The molecule has 8 nitrogen and oxygen atoms in total. The molecule has 0 spiro atoms. The summed E-state index contributed by atoms with van der Waals surface area (Å²) in [6.45, 7) is 5.83. The number of rotatable bonds is 6. The number of nitrogens with zero attached hydrogens (tertiary/aromatic N) is 6. The molecule has 2 aliphatic rings. The SMILES string of the molecule is CCc1nnc(N2CCN(S(=O)(=O)N(C)C3CCCCC3)CC2)c(C#N)c1CC. The van der Waals surface area contributed by atoms with Crippen molar-refractivity contribution in [2.75, 3.05) is 38.1 Å². The molecule has 9 heteroatoms. The highest BCUT2D eigenvalue weighted by molar-refractivity contribution is 7.86. The molecule has 2 heterocycles. The van der Waals surface area contributed by atoms with Crippen LogP contribution in [0.3, 0.4) is 0 Å². The van der Waals surface area contributed by atoms with Crippen molar-refractivity contribution in [3.8, 4) is 6.07 Å². The largest absolute Gasteiger partial charge is 0.351 e. The highest BCUT2D eigenvalue weighted by atomic mass is 32.2. The Kier molecular flexibility index (Phi) is 7.09. The van der Waals surface area contributed by atoms with Crippen LogP contribution in [0.2, 0.25) is 0 Å². The summed E-state index contributed by atoms with van der Waals surface area (Å²) < 4.78 is 29.3. The van der Waals surface area contributed by atoms with Crippen molar-refractivity contribution in [1.29, 1.82) is 5.26 Å². The minimum absolute atomic E-state index is 0.108. The van der Waals surface area contributed by atoms with Crippen molar-refractivity contribution in [2.24, 2.45) is 0 Å². The van der Waals surface area contributed by atoms with Gasteiger partial charge < -0.3 is 4.90 Å². The summed E-state index contributed by atoms with van der Waals surface area (Å²) in [7, 11) is -1.75. The smallest absolute Gasteiger partial charge is 0.282 e. The van der Waals surface area contributed by atoms with Gasteiger partial charge in [0.05, 0.1) is 5.69 Å². The molecule has 1 aliphatic carbocycles. The number of hydrogen-bond donors (Lipinski definition) is 0. The molecule has 3 rings (SSSR count). The van der Waals surface area contributed by atoms with Gasteiger partial charge in [0.15, 0.2) is 5.82 Å². The Bertz CT molecular complexity index is 852. The van der Waals surface area contributed by atoms with Gasteiger partial charge in [0.1, 0.15) is 11.6 Å². The predicted octanol–water partition coefficient (Wildman–Crippen LogP) is 2.10. The number of anilines is 1. The van der Waals surface area contributed by atoms with Gasteiger partial charge in [0, 0.05) is 39.3 Å². The molecule has 1 saturated carbocycles. The van der Waals surface area contributed by atoms with Gasteiger partial charge in [-0.05, 0) is 31.2 Å². The van der Waals surface area contributed by atoms with E-state index in [0.29, 0.717) is 37.6 Å². The van der Waals surface area contributed by atoms with E-state index in [1.165, 1.54) is 6.42 Å². The lowest BCUT2D eigenvalue weighted by atomic mass is 9.96. The lowest BCUT2D eigenvalue weighted by Gasteiger charge is -2.39. The Hall–Kier alpha value is -1.76. The Morgan fingerprint density at radius 2 is 1.72 bits per heavy atom. The van der Waals surface area contributed by atoms with E-state index < -0.39 is 10.2 Å². The average molecular weight is 421 g/mol. The van der Waals surface area contributed by atoms with Crippen LogP contribution >= 0.6 is 0 Å². The molecule has 1 saturated heterocycles. The van der Waals surface area contributed by atoms with Crippen LogP contribution in [0.1, 0.15) is 62.8 Å². The standard InChI is InChI=1S/C20H32N6O2S/c1-4-17-18(15-21)20(23-22-19(17)5-2)25-11-13-26(14-12-25)29(27,28)24(3)16-9-7-6-8-10-16/h16H,4-14H2,1-3H3. The fraction of sp³-hybridized carbons (Fsp3) is 0.750. The molecule has 0 aromatic carbocycles. The topological polar surface area (TPSA) is 93.4 Å². The first-order valence-electron chi connectivity index (χ1n) is 10.7. The van der Waals surface area contributed by atoms with E-state index in [4.69, 9.17) is 0 Å². The number of piperazine rings is 1. The molecule has 29 heavy (non-hydrogen) atoms. The second-order valence-electron chi connectivity index (χ2n) is 7.84.